The van der Waals surface area contributed by atoms with E-state index in [4.69, 9.17) is 9.47 Å². The predicted molar refractivity (Wildman–Crippen MR) is 79.4 cm³/mol. The molecule has 2 heterocycles. The van der Waals surface area contributed by atoms with E-state index in [0.717, 1.165) is 0 Å². The van der Waals surface area contributed by atoms with Gasteiger partial charge in [-0.05, 0) is 18.2 Å². The van der Waals surface area contributed by atoms with Gasteiger partial charge in [-0.2, -0.15) is 0 Å². The third kappa shape index (κ3) is 2.54. The molecular weight excluding hydrogens is 338 g/mol. The highest BCUT2D eigenvalue weighted by Crippen LogP contribution is 2.25. The van der Waals surface area contributed by atoms with Crippen molar-refractivity contribution in [2.75, 3.05) is 25.1 Å². The number of alkyl halides is 1. The molecule has 3 rings (SSSR count). The van der Waals surface area contributed by atoms with Crippen LogP contribution in [0.2, 0.25) is 0 Å². The van der Waals surface area contributed by atoms with Crippen molar-refractivity contribution in [2.24, 2.45) is 0 Å². The summed E-state index contributed by atoms with van der Waals surface area (Å²) < 4.78 is 11.1. The highest BCUT2D eigenvalue weighted by Gasteiger charge is 2.35. The van der Waals surface area contributed by atoms with Gasteiger partial charge in [0.1, 0.15) is 0 Å². The fraction of sp³-hybridized carbons (Fsp3) is 0.333. The molecule has 1 aromatic rings. The lowest BCUT2D eigenvalue weighted by molar-refractivity contribution is -0.0946. The number of hydrogen-bond acceptors (Lipinski definition) is 4. The molecule has 1 fully saturated rings. The van der Waals surface area contributed by atoms with Crippen LogP contribution in [0.4, 0.5) is 0 Å². The summed E-state index contributed by atoms with van der Waals surface area (Å²) in [5.74, 6) is -1.32. The molecule has 1 aromatic carbocycles. The van der Waals surface area contributed by atoms with Gasteiger partial charge < -0.3 is 9.47 Å². The Morgan fingerprint density at radius 2 is 1.71 bits per heavy atom. The van der Waals surface area contributed by atoms with Crippen molar-refractivity contribution in [3.63, 3.8) is 0 Å². The minimum Gasteiger partial charge on any atom is -0.343 e. The number of carbonyl (C=O) groups excluding carboxylic acids is 2. The smallest absolute Gasteiger partial charge is 0.261 e. The number of ether oxygens (including phenoxy) is 2. The van der Waals surface area contributed by atoms with Crippen molar-refractivity contribution >= 4 is 27.7 Å². The molecule has 1 saturated heterocycles. The number of carbonyl (C=O) groups is 2. The fourth-order valence-corrected chi connectivity index (χ4v) is 2.94. The number of imide groups is 1. The maximum atomic E-state index is 12.2. The normalized spacial score (nSPS) is 20.5. The number of nitrogens with zero attached hydrogens (tertiary/aromatic N) is 1. The molecule has 2 aliphatic heterocycles. The molecule has 21 heavy (non-hydrogen) atoms. The fourth-order valence-electron chi connectivity index (χ4n) is 2.43. The van der Waals surface area contributed by atoms with Gasteiger partial charge in [0.2, 0.25) is 0 Å². The van der Waals surface area contributed by atoms with E-state index in [1.54, 1.807) is 36.4 Å². The molecule has 2 aliphatic rings. The van der Waals surface area contributed by atoms with Gasteiger partial charge in [0.15, 0.2) is 5.79 Å². The summed E-state index contributed by atoms with van der Waals surface area (Å²) >= 11 is 3.35. The quantitative estimate of drug-likeness (QED) is 0.472. The van der Waals surface area contributed by atoms with Crippen LogP contribution in [0.5, 0.6) is 0 Å². The molecule has 0 aliphatic carbocycles. The number of halogens is 1. The van der Waals surface area contributed by atoms with Crippen LogP contribution in [-0.2, 0) is 9.47 Å². The third-order valence-electron chi connectivity index (χ3n) is 3.50. The third-order valence-corrected chi connectivity index (χ3v) is 4.28. The Balaban J connectivity index is 1.72. The Labute approximate surface area is 130 Å². The van der Waals surface area contributed by atoms with Crippen LogP contribution in [-0.4, -0.2) is 47.6 Å². The van der Waals surface area contributed by atoms with Crippen LogP contribution in [0, 0.1) is 0 Å². The van der Waals surface area contributed by atoms with Crippen molar-refractivity contribution in [3.05, 3.63) is 47.5 Å². The van der Waals surface area contributed by atoms with E-state index < -0.39 is 5.79 Å². The van der Waals surface area contributed by atoms with Gasteiger partial charge in [-0.1, -0.05) is 34.1 Å². The first-order valence-electron chi connectivity index (χ1n) is 6.64. The first kappa shape index (κ1) is 14.4. The zero-order valence-electron chi connectivity index (χ0n) is 11.3. The molecule has 0 atom stereocenters. The van der Waals surface area contributed by atoms with Crippen LogP contribution in [0.25, 0.3) is 0 Å². The summed E-state index contributed by atoms with van der Waals surface area (Å²) in [7, 11) is 0. The van der Waals surface area contributed by atoms with E-state index in [-0.39, 0.29) is 18.4 Å². The second-order valence-electron chi connectivity index (χ2n) is 4.81. The Kier molecular flexibility index (Phi) is 3.93. The van der Waals surface area contributed by atoms with Gasteiger partial charge >= 0.3 is 0 Å². The molecule has 0 saturated carbocycles. The van der Waals surface area contributed by atoms with E-state index in [1.165, 1.54) is 4.90 Å². The summed E-state index contributed by atoms with van der Waals surface area (Å²) in [5, 5.41) is 0.499. The zero-order chi connectivity index (χ0) is 14.9. The Morgan fingerprint density at radius 3 is 2.24 bits per heavy atom. The maximum Gasteiger partial charge on any atom is 0.261 e. The Hall–Kier alpha value is -1.50. The lowest BCUT2D eigenvalue weighted by atomic mass is 10.1. The number of benzene rings is 1. The molecule has 0 bridgehead atoms. The van der Waals surface area contributed by atoms with Crippen molar-refractivity contribution in [1.82, 2.24) is 4.90 Å². The molecule has 0 spiro atoms. The molecule has 6 heteroatoms. The highest BCUT2D eigenvalue weighted by atomic mass is 79.9. The summed E-state index contributed by atoms with van der Waals surface area (Å²) in [6.45, 7) is 1.26. The molecule has 0 aromatic heterocycles. The van der Waals surface area contributed by atoms with E-state index in [9.17, 15) is 9.59 Å². The summed E-state index contributed by atoms with van der Waals surface area (Å²) in [4.78, 5) is 25.6. The highest BCUT2D eigenvalue weighted by molar-refractivity contribution is 9.09. The van der Waals surface area contributed by atoms with Crippen molar-refractivity contribution in [1.29, 1.82) is 0 Å². The first-order valence-corrected chi connectivity index (χ1v) is 7.76. The van der Waals surface area contributed by atoms with E-state index in [2.05, 4.69) is 15.9 Å². The molecule has 110 valence electrons. The predicted octanol–water partition coefficient (Wildman–Crippen LogP) is 1.98. The number of hydrogen-bond donors (Lipinski definition) is 0. The Bertz CT molecular complexity index is 572. The van der Waals surface area contributed by atoms with Gasteiger partial charge in [-0.25, -0.2) is 0 Å². The molecule has 5 nitrogen and oxygen atoms in total. The molecule has 2 amide bonds. The summed E-state index contributed by atoms with van der Waals surface area (Å²) in [6, 6.07) is 6.84. The minimum absolute atomic E-state index is 0.202. The second kappa shape index (κ2) is 5.71. The number of rotatable bonds is 4. The van der Waals surface area contributed by atoms with Gasteiger partial charge in [0, 0.05) is 6.54 Å². The van der Waals surface area contributed by atoms with Crippen molar-refractivity contribution < 1.29 is 19.1 Å². The Morgan fingerprint density at radius 1 is 1.14 bits per heavy atom. The average Bonchev–Trinajstić information content (AvgIpc) is 3.08. The van der Waals surface area contributed by atoms with Gasteiger partial charge in [-0.15, -0.1) is 0 Å². The van der Waals surface area contributed by atoms with Crippen LogP contribution >= 0.6 is 15.9 Å². The molecule has 0 radical (unpaired) electrons. The van der Waals surface area contributed by atoms with E-state index in [0.29, 0.717) is 29.7 Å². The molecular formula is C15H14BrNO4. The van der Waals surface area contributed by atoms with Crippen LogP contribution in [0.1, 0.15) is 20.7 Å². The van der Waals surface area contributed by atoms with Crippen molar-refractivity contribution in [2.45, 2.75) is 5.79 Å². The van der Waals surface area contributed by atoms with Crippen LogP contribution in [0.3, 0.4) is 0 Å². The first-order chi connectivity index (χ1) is 10.2. The van der Waals surface area contributed by atoms with Gasteiger partial charge in [0.25, 0.3) is 11.8 Å². The van der Waals surface area contributed by atoms with Crippen molar-refractivity contribution in [3.8, 4) is 0 Å². The van der Waals surface area contributed by atoms with E-state index in [1.807, 2.05) is 0 Å². The number of fused-ring (bicyclic) bond motifs is 1. The summed E-state index contributed by atoms with van der Waals surface area (Å²) in [5.41, 5.74) is 0.916. The summed E-state index contributed by atoms with van der Waals surface area (Å²) in [6.07, 6.45) is 3.48. The van der Waals surface area contributed by atoms with Crippen LogP contribution in [0.15, 0.2) is 36.4 Å². The topological polar surface area (TPSA) is 55.8 Å². The van der Waals surface area contributed by atoms with Gasteiger partial charge in [-0.3, -0.25) is 14.5 Å². The largest absolute Gasteiger partial charge is 0.343 e. The standard InChI is InChI=1S/C15H14BrNO4/c16-10-15(20-8-9-21-15)6-3-7-17-13(18)11-4-1-2-5-12(11)14(17)19/h1-6H,7-10H2/b6-3+. The van der Waals surface area contributed by atoms with Crippen LogP contribution < -0.4 is 0 Å². The van der Waals surface area contributed by atoms with E-state index >= 15 is 0 Å². The minimum atomic E-state index is -0.793. The zero-order valence-corrected chi connectivity index (χ0v) is 12.8. The SMILES string of the molecule is O=C1c2ccccc2C(=O)N1C/C=C/C1(CBr)OCCO1. The second-order valence-corrected chi connectivity index (χ2v) is 5.37. The lowest BCUT2D eigenvalue weighted by Crippen LogP contribution is -2.32. The molecule has 0 unspecified atom stereocenters. The monoisotopic (exact) mass is 351 g/mol. The average molecular weight is 352 g/mol. The molecule has 0 N–H and O–H groups in total. The number of amides is 2. The lowest BCUT2D eigenvalue weighted by Gasteiger charge is -2.21. The maximum absolute atomic E-state index is 12.2. The van der Waals surface area contributed by atoms with Gasteiger partial charge in [0.05, 0.1) is 29.7 Å².